The van der Waals surface area contributed by atoms with E-state index in [1.54, 1.807) is 11.9 Å². The van der Waals surface area contributed by atoms with Crippen LogP contribution >= 0.6 is 0 Å². The molecular formula is C17H36N2O3Si. The molecule has 0 unspecified atom stereocenters. The molecule has 1 fully saturated rings. The highest BCUT2D eigenvalue weighted by Gasteiger charge is 2.29. The van der Waals surface area contributed by atoms with Gasteiger partial charge in [0.2, 0.25) is 0 Å². The molecule has 2 atom stereocenters. The maximum Gasteiger partial charge on any atom is 0.409 e. The zero-order chi connectivity index (χ0) is 17.7. The van der Waals surface area contributed by atoms with Gasteiger partial charge in [-0.15, -0.1) is 0 Å². The van der Waals surface area contributed by atoms with Gasteiger partial charge in [-0.05, 0) is 45.1 Å². The highest BCUT2D eigenvalue weighted by molar-refractivity contribution is 6.76. The number of hydrogen-bond acceptors (Lipinski definition) is 4. The van der Waals surface area contributed by atoms with Crippen LogP contribution in [0.3, 0.4) is 0 Å². The average Bonchev–Trinajstić information content (AvgIpc) is 2.39. The second-order valence-electron chi connectivity index (χ2n) is 8.78. The number of amides is 1. The van der Waals surface area contributed by atoms with Crippen molar-refractivity contribution in [1.29, 1.82) is 0 Å². The zero-order valence-electron chi connectivity index (χ0n) is 15.9. The Hall–Kier alpha value is -0.593. The van der Waals surface area contributed by atoms with E-state index in [1.165, 1.54) is 0 Å². The lowest BCUT2D eigenvalue weighted by molar-refractivity contribution is -0.0790. The van der Waals surface area contributed by atoms with Crippen molar-refractivity contribution >= 4 is 14.2 Å². The number of rotatable bonds is 7. The van der Waals surface area contributed by atoms with E-state index in [1.807, 2.05) is 0 Å². The van der Waals surface area contributed by atoms with E-state index < -0.39 is 8.07 Å². The lowest BCUT2D eigenvalue weighted by Gasteiger charge is -2.36. The van der Waals surface area contributed by atoms with Crippen LogP contribution in [0.2, 0.25) is 25.7 Å². The van der Waals surface area contributed by atoms with Gasteiger partial charge in [0.15, 0.2) is 0 Å². The summed E-state index contributed by atoms with van der Waals surface area (Å²) in [6.45, 7) is 12.9. The molecule has 0 aromatic rings. The van der Waals surface area contributed by atoms with Gasteiger partial charge in [0.1, 0.15) is 0 Å². The second kappa shape index (κ2) is 8.49. The van der Waals surface area contributed by atoms with E-state index in [0.717, 1.165) is 31.9 Å². The lowest BCUT2D eigenvalue weighted by Crippen LogP contribution is -2.42. The molecule has 1 aliphatic heterocycles. The van der Waals surface area contributed by atoms with Crippen LogP contribution in [0.5, 0.6) is 0 Å². The molecule has 0 saturated carbocycles. The molecule has 23 heavy (non-hydrogen) atoms. The van der Waals surface area contributed by atoms with Crippen LogP contribution in [0.1, 0.15) is 33.1 Å². The van der Waals surface area contributed by atoms with Crippen molar-refractivity contribution in [3.05, 3.63) is 0 Å². The molecule has 0 aromatic carbocycles. The van der Waals surface area contributed by atoms with Crippen molar-refractivity contribution in [3.8, 4) is 0 Å². The Balaban J connectivity index is 2.25. The summed E-state index contributed by atoms with van der Waals surface area (Å²) < 4.78 is 11.2. The largest absolute Gasteiger partial charge is 0.450 e. The Morgan fingerprint density at radius 3 is 2.61 bits per heavy atom. The Labute approximate surface area is 142 Å². The molecule has 0 aromatic heterocycles. The number of nitrogens with zero attached hydrogens (tertiary/aromatic N) is 1. The minimum Gasteiger partial charge on any atom is -0.450 e. The Bertz CT molecular complexity index is 373. The highest BCUT2D eigenvalue weighted by atomic mass is 28.3. The predicted molar refractivity (Wildman–Crippen MR) is 97.5 cm³/mol. The number of carbonyl (C=O) groups excluding carboxylic acids is 1. The molecule has 1 heterocycles. The van der Waals surface area contributed by atoms with Crippen molar-refractivity contribution < 1.29 is 14.3 Å². The maximum atomic E-state index is 12.0. The van der Waals surface area contributed by atoms with Gasteiger partial charge in [-0.25, -0.2) is 4.79 Å². The van der Waals surface area contributed by atoms with E-state index in [9.17, 15) is 4.79 Å². The van der Waals surface area contributed by atoms with Gasteiger partial charge < -0.3 is 20.1 Å². The first-order valence-corrected chi connectivity index (χ1v) is 12.5. The SMILES string of the molecule is CN(C[C@@H](N)C[C@H]1CCC(C)(C)OC1)C(=O)OCC[Si](C)(C)C. The minimum absolute atomic E-state index is 0.00242. The fourth-order valence-electron chi connectivity index (χ4n) is 2.72. The molecule has 6 heteroatoms. The summed E-state index contributed by atoms with van der Waals surface area (Å²) in [6.07, 6.45) is 2.84. The molecule has 2 N–H and O–H groups in total. The molecule has 0 aliphatic carbocycles. The predicted octanol–water partition coefficient (Wildman–Crippen LogP) is 3.32. The summed E-state index contributed by atoms with van der Waals surface area (Å²) in [4.78, 5) is 13.6. The molecule has 1 amide bonds. The van der Waals surface area contributed by atoms with Gasteiger partial charge in [-0.1, -0.05) is 19.6 Å². The second-order valence-corrected chi connectivity index (χ2v) is 14.4. The molecule has 1 saturated heterocycles. The van der Waals surface area contributed by atoms with Gasteiger partial charge in [0.05, 0.1) is 18.8 Å². The minimum atomic E-state index is -1.17. The Morgan fingerprint density at radius 1 is 1.43 bits per heavy atom. The fraction of sp³-hybridized carbons (Fsp3) is 0.941. The number of likely N-dealkylation sites (N-methyl/N-ethyl adjacent to an activating group) is 1. The summed E-state index contributed by atoms with van der Waals surface area (Å²) in [5.74, 6) is 0.495. The summed E-state index contributed by atoms with van der Waals surface area (Å²) in [7, 11) is 0.595. The van der Waals surface area contributed by atoms with Crippen molar-refractivity contribution in [2.75, 3.05) is 26.8 Å². The van der Waals surface area contributed by atoms with E-state index in [0.29, 0.717) is 19.1 Å². The van der Waals surface area contributed by atoms with Crippen LogP contribution in [0.15, 0.2) is 0 Å². The fourth-order valence-corrected chi connectivity index (χ4v) is 3.43. The third-order valence-electron chi connectivity index (χ3n) is 4.40. The first-order valence-electron chi connectivity index (χ1n) is 8.76. The van der Waals surface area contributed by atoms with Crippen LogP contribution in [-0.2, 0) is 9.47 Å². The van der Waals surface area contributed by atoms with Gasteiger partial charge in [-0.3, -0.25) is 0 Å². The summed E-state index contributed by atoms with van der Waals surface area (Å²) in [6, 6.07) is 0.966. The van der Waals surface area contributed by atoms with Crippen molar-refractivity contribution in [2.45, 2.75) is 70.4 Å². The first-order chi connectivity index (χ1) is 10.5. The molecule has 0 bridgehead atoms. The number of carbonyl (C=O) groups is 1. The van der Waals surface area contributed by atoms with Gasteiger partial charge in [0, 0.05) is 27.7 Å². The van der Waals surface area contributed by atoms with Crippen LogP contribution in [0, 0.1) is 5.92 Å². The van der Waals surface area contributed by atoms with Crippen LogP contribution < -0.4 is 5.73 Å². The number of ether oxygens (including phenoxy) is 2. The Kier molecular flexibility index (Phi) is 7.55. The third-order valence-corrected chi connectivity index (χ3v) is 6.10. The molecule has 0 radical (unpaired) electrons. The average molecular weight is 345 g/mol. The molecule has 0 spiro atoms. The summed E-state index contributed by atoms with van der Waals surface area (Å²) in [5.41, 5.74) is 6.21. The smallest absolute Gasteiger partial charge is 0.409 e. The zero-order valence-corrected chi connectivity index (χ0v) is 16.9. The van der Waals surface area contributed by atoms with E-state index in [-0.39, 0.29) is 17.7 Å². The van der Waals surface area contributed by atoms with Crippen LogP contribution in [-0.4, -0.2) is 57.5 Å². The molecule has 5 nitrogen and oxygen atoms in total. The normalized spacial score (nSPS) is 22.5. The standard InChI is InChI=1S/C17H36N2O3Si/c1-17(2)8-7-14(13-22-17)11-15(18)12-19(3)16(20)21-9-10-23(4,5)6/h14-15H,7-13,18H2,1-6H3/t14-,15+/m1/s1. The van der Waals surface area contributed by atoms with Gasteiger partial charge in [0.25, 0.3) is 0 Å². The van der Waals surface area contributed by atoms with Crippen LogP contribution in [0.4, 0.5) is 4.79 Å². The summed E-state index contributed by atoms with van der Waals surface area (Å²) >= 11 is 0. The summed E-state index contributed by atoms with van der Waals surface area (Å²) in [5, 5.41) is 0. The van der Waals surface area contributed by atoms with Gasteiger partial charge >= 0.3 is 6.09 Å². The van der Waals surface area contributed by atoms with E-state index in [4.69, 9.17) is 15.2 Å². The molecule has 1 aliphatic rings. The molecule has 136 valence electrons. The quantitative estimate of drug-likeness (QED) is 0.720. The van der Waals surface area contributed by atoms with E-state index >= 15 is 0 Å². The molecular weight excluding hydrogens is 308 g/mol. The first kappa shape index (κ1) is 20.5. The lowest BCUT2D eigenvalue weighted by atomic mass is 9.88. The number of nitrogens with two attached hydrogens (primary N) is 1. The number of hydrogen-bond donors (Lipinski definition) is 1. The Morgan fingerprint density at radius 2 is 2.09 bits per heavy atom. The third kappa shape index (κ3) is 8.72. The van der Waals surface area contributed by atoms with Gasteiger partial charge in [-0.2, -0.15) is 0 Å². The maximum absolute atomic E-state index is 12.0. The monoisotopic (exact) mass is 344 g/mol. The van der Waals surface area contributed by atoms with Crippen molar-refractivity contribution in [3.63, 3.8) is 0 Å². The topological polar surface area (TPSA) is 64.8 Å². The highest BCUT2D eigenvalue weighted by Crippen LogP contribution is 2.29. The molecule has 1 rings (SSSR count). The van der Waals surface area contributed by atoms with E-state index in [2.05, 4.69) is 33.5 Å². The van der Waals surface area contributed by atoms with Crippen molar-refractivity contribution in [2.24, 2.45) is 11.7 Å². The van der Waals surface area contributed by atoms with Crippen LogP contribution in [0.25, 0.3) is 0 Å². The van der Waals surface area contributed by atoms with Crippen molar-refractivity contribution in [1.82, 2.24) is 4.90 Å².